The standard InChI is InChI=1S/C22H27N3O3S/c1-13(23-21(26)20-12-17-14(2)24-25(3)22(17)29-20)15-9-10-18(19(11-15)27-4)28-16-7-5-6-8-16/h9-13,16H,5-8H2,1-4H3,(H,23,26). The van der Waals surface area contributed by atoms with E-state index >= 15 is 0 Å². The number of carbonyl (C=O) groups excluding carboxylic acids is 1. The second-order valence-electron chi connectivity index (χ2n) is 7.67. The van der Waals surface area contributed by atoms with Gasteiger partial charge in [0.2, 0.25) is 0 Å². The lowest BCUT2D eigenvalue weighted by Gasteiger charge is -2.19. The van der Waals surface area contributed by atoms with Crippen LogP contribution >= 0.6 is 11.3 Å². The zero-order valence-corrected chi connectivity index (χ0v) is 18.1. The lowest BCUT2D eigenvalue weighted by Crippen LogP contribution is -2.26. The van der Waals surface area contributed by atoms with E-state index in [1.54, 1.807) is 7.11 Å². The highest BCUT2D eigenvalue weighted by Crippen LogP contribution is 2.34. The van der Waals surface area contributed by atoms with Gasteiger partial charge in [0, 0.05) is 12.4 Å². The van der Waals surface area contributed by atoms with E-state index < -0.39 is 0 Å². The molecule has 7 heteroatoms. The molecule has 2 aromatic heterocycles. The lowest BCUT2D eigenvalue weighted by molar-refractivity contribution is 0.0944. The van der Waals surface area contributed by atoms with Crippen LogP contribution < -0.4 is 14.8 Å². The van der Waals surface area contributed by atoms with Gasteiger partial charge in [-0.25, -0.2) is 0 Å². The number of thiophene rings is 1. The molecule has 1 aromatic carbocycles. The first kappa shape index (κ1) is 19.8. The minimum atomic E-state index is -0.152. The zero-order valence-electron chi connectivity index (χ0n) is 17.3. The number of nitrogens with zero attached hydrogens (tertiary/aromatic N) is 2. The van der Waals surface area contributed by atoms with Crippen LogP contribution in [-0.4, -0.2) is 28.9 Å². The number of hydrogen-bond donors (Lipinski definition) is 1. The lowest BCUT2D eigenvalue weighted by atomic mass is 10.1. The van der Waals surface area contributed by atoms with Crippen molar-refractivity contribution < 1.29 is 14.3 Å². The molecule has 1 fully saturated rings. The number of ether oxygens (including phenoxy) is 2. The smallest absolute Gasteiger partial charge is 0.261 e. The van der Waals surface area contributed by atoms with Crippen molar-refractivity contribution >= 4 is 27.5 Å². The molecule has 4 rings (SSSR count). The molecule has 0 saturated heterocycles. The van der Waals surface area contributed by atoms with Crippen LogP contribution in [0.2, 0.25) is 0 Å². The first-order chi connectivity index (χ1) is 14.0. The van der Waals surface area contributed by atoms with Gasteiger partial charge in [-0.3, -0.25) is 9.48 Å². The van der Waals surface area contributed by atoms with Crippen molar-refractivity contribution in [2.24, 2.45) is 7.05 Å². The minimum absolute atomic E-state index is 0.0802. The predicted octanol–water partition coefficient (Wildman–Crippen LogP) is 4.76. The van der Waals surface area contributed by atoms with Gasteiger partial charge >= 0.3 is 0 Å². The number of nitrogens with one attached hydrogen (secondary N) is 1. The maximum absolute atomic E-state index is 12.8. The fourth-order valence-corrected chi connectivity index (χ4v) is 4.93. The van der Waals surface area contributed by atoms with Crippen LogP contribution in [0.3, 0.4) is 0 Å². The molecule has 0 bridgehead atoms. The number of aromatic nitrogens is 2. The molecule has 2 heterocycles. The highest BCUT2D eigenvalue weighted by Gasteiger charge is 2.21. The third-order valence-corrected chi connectivity index (χ3v) is 6.75. The number of aryl methyl sites for hydroxylation is 2. The van der Waals surface area contributed by atoms with Gasteiger partial charge in [0.05, 0.1) is 29.8 Å². The summed E-state index contributed by atoms with van der Waals surface area (Å²) in [6.07, 6.45) is 4.92. The van der Waals surface area contributed by atoms with Crippen molar-refractivity contribution in [3.63, 3.8) is 0 Å². The fourth-order valence-electron chi connectivity index (χ4n) is 3.90. The molecule has 1 aliphatic rings. The molecule has 1 saturated carbocycles. The Labute approximate surface area is 174 Å². The Hall–Kier alpha value is -2.54. The SMILES string of the molecule is COc1cc(C(C)NC(=O)c2cc3c(C)nn(C)c3s2)ccc1OC1CCCC1. The van der Waals surface area contributed by atoms with Gasteiger partial charge in [-0.1, -0.05) is 6.07 Å². The topological polar surface area (TPSA) is 65.4 Å². The van der Waals surface area contributed by atoms with Crippen molar-refractivity contribution in [3.05, 3.63) is 40.4 Å². The molecule has 1 aliphatic carbocycles. The summed E-state index contributed by atoms with van der Waals surface area (Å²) in [6.45, 7) is 3.94. The summed E-state index contributed by atoms with van der Waals surface area (Å²) in [6, 6.07) is 7.67. The first-order valence-corrected chi connectivity index (χ1v) is 10.9. The van der Waals surface area contributed by atoms with Crippen molar-refractivity contribution in [1.29, 1.82) is 0 Å². The van der Waals surface area contributed by atoms with Crippen molar-refractivity contribution in [2.45, 2.75) is 51.7 Å². The summed E-state index contributed by atoms with van der Waals surface area (Å²) in [7, 11) is 3.55. The number of carbonyl (C=O) groups is 1. The Bertz CT molecular complexity index is 999. The second-order valence-corrected chi connectivity index (χ2v) is 8.70. The second kappa shape index (κ2) is 8.06. The van der Waals surface area contributed by atoms with Crippen LogP contribution in [0.4, 0.5) is 0 Å². The monoisotopic (exact) mass is 413 g/mol. The van der Waals surface area contributed by atoms with Crippen molar-refractivity contribution in [1.82, 2.24) is 15.1 Å². The minimum Gasteiger partial charge on any atom is -0.493 e. The van der Waals surface area contributed by atoms with Crippen LogP contribution in [0, 0.1) is 6.92 Å². The molecule has 1 amide bonds. The maximum atomic E-state index is 12.8. The van der Waals surface area contributed by atoms with Gasteiger partial charge < -0.3 is 14.8 Å². The Morgan fingerprint density at radius 3 is 2.72 bits per heavy atom. The van der Waals surface area contributed by atoms with Gasteiger partial charge in [-0.15, -0.1) is 11.3 Å². The summed E-state index contributed by atoms with van der Waals surface area (Å²) < 4.78 is 13.5. The van der Waals surface area contributed by atoms with Gasteiger partial charge in [-0.2, -0.15) is 5.10 Å². The fraction of sp³-hybridized carbons (Fsp3) is 0.455. The van der Waals surface area contributed by atoms with Gasteiger partial charge in [-0.05, 0) is 63.3 Å². The molecular weight excluding hydrogens is 386 g/mol. The molecule has 29 heavy (non-hydrogen) atoms. The Morgan fingerprint density at radius 2 is 2.03 bits per heavy atom. The summed E-state index contributed by atoms with van der Waals surface area (Å²) in [4.78, 5) is 14.5. The number of amides is 1. The van der Waals surface area contributed by atoms with E-state index in [1.165, 1.54) is 24.2 Å². The third kappa shape index (κ3) is 3.96. The van der Waals surface area contributed by atoms with Crippen LogP contribution in [0.25, 0.3) is 10.2 Å². The van der Waals surface area contributed by atoms with E-state index in [1.807, 2.05) is 49.8 Å². The summed E-state index contributed by atoms with van der Waals surface area (Å²) in [5.74, 6) is 1.40. The maximum Gasteiger partial charge on any atom is 0.261 e. The first-order valence-electron chi connectivity index (χ1n) is 10.0. The van der Waals surface area contributed by atoms with Crippen molar-refractivity contribution in [3.8, 4) is 11.5 Å². The number of benzene rings is 1. The van der Waals surface area contributed by atoms with Gasteiger partial charge in [0.15, 0.2) is 11.5 Å². The summed E-state index contributed by atoms with van der Waals surface area (Å²) in [5, 5.41) is 8.52. The van der Waals surface area contributed by atoms with Crippen molar-refractivity contribution in [2.75, 3.05) is 7.11 Å². The van der Waals surface area contributed by atoms with Crippen LogP contribution in [0.15, 0.2) is 24.3 Å². The number of rotatable bonds is 6. The predicted molar refractivity (Wildman–Crippen MR) is 115 cm³/mol. The van der Waals surface area contributed by atoms with Gasteiger partial charge in [0.25, 0.3) is 5.91 Å². The molecule has 3 aromatic rings. The Kier molecular flexibility index (Phi) is 5.50. The summed E-state index contributed by atoms with van der Waals surface area (Å²) in [5.41, 5.74) is 1.92. The average Bonchev–Trinajstić information content (AvgIpc) is 3.42. The van der Waals surface area contributed by atoms with Crippen LogP contribution in [-0.2, 0) is 7.05 Å². The van der Waals surface area contributed by atoms with Crippen LogP contribution in [0.1, 0.15) is 59.6 Å². The molecule has 0 spiro atoms. The molecule has 0 radical (unpaired) electrons. The molecule has 1 N–H and O–H groups in total. The molecular formula is C22H27N3O3S. The van der Waals surface area contributed by atoms with E-state index in [0.717, 1.165) is 40.1 Å². The highest BCUT2D eigenvalue weighted by atomic mass is 32.1. The average molecular weight is 414 g/mol. The van der Waals surface area contributed by atoms with Gasteiger partial charge in [0.1, 0.15) is 4.83 Å². The van der Waals surface area contributed by atoms with E-state index in [4.69, 9.17) is 9.47 Å². The third-order valence-electron chi connectivity index (χ3n) is 5.55. The largest absolute Gasteiger partial charge is 0.493 e. The quantitative estimate of drug-likeness (QED) is 0.632. The molecule has 6 nitrogen and oxygen atoms in total. The summed E-state index contributed by atoms with van der Waals surface area (Å²) >= 11 is 1.46. The normalized spacial score (nSPS) is 15.6. The van der Waals surface area contributed by atoms with E-state index in [9.17, 15) is 4.79 Å². The Balaban J connectivity index is 1.48. The highest BCUT2D eigenvalue weighted by molar-refractivity contribution is 7.20. The Morgan fingerprint density at radius 1 is 1.28 bits per heavy atom. The molecule has 154 valence electrons. The number of methoxy groups -OCH3 is 1. The molecule has 0 aliphatic heterocycles. The van der Waals surface area contributed by atoms with E-state index in [-0.39, 0.29) is 18.1 Å². The zero-order chi connectivity index (χ0) is 20.5. The number of hydrogen-bond acceptors (Lipinski definition) is 5. The molecule has 1 unspecified atom stereocenters. The molecule has 1 atom stereocenters. The number of fused-ring (bicyclic) bond motifs is 1. The van der Waals surface area contributed by atoms with E-state index in [0.29, 0.717) is 10.6 Å². The van der Waals surface area contributed by atoms with E-state index in [2.05, 4.69) is 10.4 Å². The van der Waals surface area contributed by atoms with Crippen LogP contribution in [0.5, 0.6) is 11.5 Å².